The number of carbonyl (C=O) groups excluding carboxylic acids is 1. The smallest absolute Gasteiger partial charge is 0.407 e. The molecule has 2 N–H and O–H groups in total. The predicted octanol–water partition coefficient (Wildman–Crippen LogP) is 2.93. The van der Waals surface area contributed by atoms with E-state index < -0.39 is 30.7 Å². The molecule has 0 aliphatic heterocycles. The van der Waals surface area contributed by atoms with Gasteiger partial charge < -0.3 is 15.4 Å². The average molecular weight is 280 g/mol. The zero-order valence-electron chi connectivity index (χ0n) is 12.3. The molecule has 0 spiro atoms. The summed E-state index contributed by atoms with van der Waals surface area (Å²) >= 11 is 0. The number of alkyl carbamates (subject to hydrolysis) is 1. The van der Waals surface area contributed by atoms with E-state index in [0.29, 0.717) is 6.54 Å². The first-order chi connectivity index (χ1) is 8.66. The Kier molecular flexibility index (Phi) is 7.90. The quantitative estimate of drug-likeness (QED) is 0.672. The largest absolute Gasteiger partial charge is 0.444 e. The maximum Gasteiger partial charge on any atom is 0.407 e. The molecular weight excluding hydrogens is 254 g/mol. The van der Waals surface area contributed by atoms with Crippen molar-refractivity contribution in [1.29, 1.82) is 0 Å². The van der Waals surface area contributed by atoms with Gasteiger partial charge in [-0.1, -0.05) is 19.8 Å². The second kappa shape index (κ2) is 8.30. The molecule has 0 aliphatic rings. The monoisotopic (exact) mass is 280 g/mol. The fourth-order valence-electron chi connectivity index (χ4n) is 1.35. The topological polar surface area (TPSA) is 50.4 Å². The molecule has 0 atom stereocenters. The van der Waals surface area contributed by atoms with Crippen molar-refractivity contribution < 1.29 is 18.3 Å². The summed E-state index contributed by atoms with van der Waals surface area (Å²) < 4.78 is 31.7. The first-order valence-corrected chi connectivity index (χ1v) is 6.72. The summed E-state index contributed by atoms with van der Waals surface area (Å²) in [5.41, 5.74) is -0.683. The van der Waals surface area contributed by atoms with Gasteiger partial charge in [-0.25, -0.2) is 13.6 Å². The number of ether oxygens (including phenoxy) is 1. The van der Waals surface area contributed by atoms with Crippen LogP contribution in [-0.2, 0) is 4.74 Å². The molecule has 0 unspecified atom stereocenters. The van der Waals surface area contributed by atoms with Gasteiger partial charge in [0.25, 0.3) is 5.92 Å². The van der Waals surface area contributed by atoms with Crippen LogP contribution in [0, 0.1) is 0 Å². The molecule has 1 amide bonds. The van der Waals surface area contributed by atoms with Crippen molar-refractivity contribution in [1.82, 2.24) is 10.6 Å². The Morgan fingerprint density at radius 3 is 2.32 bits per heavy atom. The maximum absolute atomic E-state index is 13.4. The van der Waals surface area contributed by atoms with Gasteiger partial charge in [0.1, 0.15) is 5.60 Å². The molecule has 0 aromatic carbocycles. The average Bonchev–Trinajstić information content (AvgIpc) is 2.24. The van der Waals surface area contributed by atoms with Crippen LogP contribution in [0.4, 0.5) is 13.6 Å². The third-order valence-electron chi connectivity index (χ3n) is 2.23. The Morgan fingerprint density at radius 1 is 1.16 bits per heavy atom. The number of hydrogen-bond acceptors (Lipinski definition) is 3. The van der Waals surface area contributed by atoms with Gasteiger partial charge in [0.15, 0.2) is 0 Å². The first kappa shape index (κ1) is 18.1. The minimum absolute atomic E-state index is 0.438. The van der Waals surface area contributed by atoms with Crippen LogP contribution in [0.3, 0.4) is 0 Å². The molecule has 19 heavy (non-hydrogen) atoms. The molecule has 0 rings (SSSR count). The molecule has 0 fully saturated rings. The number of rotatable bonds is 8. The van der Waals surface area contributed by atoms with Crippen molar-refractivity contribution >= 4 is 6.09 Å². The molecule has 0 heterocycles. The fraction of sp³-hybridized carbons (Fsp3) is 0.923. The van der Waals surface area contributed by atoms with E-state index in [2.05, 4.69) is 17.6 Å². The first-order valence-electron chi connectivity index (χ1n) is 6.72. The summed E-state index contributed by atoms with van der Waals surface area (Å²) in [5.74, 6) is -2.97. The molecular formula is C13H26F2N2O2. The molecule has 0 aromatic rings. The van der Waals surface area contributed by atoms with Gasteiger partial charge >= 0.3 is 6.09 Å². The van der Waals surface area contributed by atoms with Gasteiger partial charge in [-0.2, -0.15) is 0 Å². The van der Waals surface area contributed by atoms with Crippen molar-refractivity contribution in [3.05, 3.63) is 0 Å². The van der Waals surface area contributed by atoms with Crippen LogP contribution in [-0.4, -0.2) is 37.3 Å². The summed E-state index contributed by atoms with van der Waals surface area (Å²) in [7, 11) is 0. The van der Waals surface area contributed by atoms with E-state index in [0.717, 1.165) is 19.3 Å². The third kappa shape index (κ3) is 11.9. The molecule has 0 bridgehead atoms. The van der Waals surface area contributed by atoms with Crippen molar-refractivity contribution in [3.8, 4) is 0 Å². The van der Waals surface area contributed by atoms with E-state index in [4.69, 9.17) is 4.74 Å². The number of hydrogen-bond donors (Lipinski definition) is 2. The van der Waals surface area contributed by atoms with Gasteiger partial charge in [0, 0.05) is 0 Å². The number of nitrogens with one attached hydrogen (secondary N) is 2. The SMILES string of the molecule is CCCCCNCC(F)(F)CNC(=O)OC(C)(C)C. The molecule has 6 heteroatoms. The molecule has 0 aromatic heterocycles. The van der Waals surface area contributed by atoms with Crippen LogP contribution in [0.15, 0.2) is 0 Å². The summed E-state index contributed by atoms with van der Waals surface area (Å²) in [6.45, 7) is 6.50. The highest BCUT2D eigenvalue weighted by Crippen LogP contribution is 2.11. The maximum atomic E-state index is 13.4. The Hall–Kier alpha value is -0.910. The van der Waals surface area contributed by atoms with Gasteiger partial charge in [0.05, 0.1) is 13.1 Å². The third-order valence-corrected chi connectivity index (χ3v) is 2.23. The minimum atomic E-state index is -2.97. The zero-order valence-corrected chi connectivity index (χ0v) is 12.3. The number of halogens is 2. The molecule has 114 valence electrons. The predicted molar refractivity (Wildman–Crippen MR) is 71.6 cm³/mol. The summed E-state index contributed by atoms with van der Waals surface area (Å²) in [6.07, 6.45) is 2.14. The van der Waals surface area contributed by atoms with Crippen molar-refractivity contribution in [2.45, 2.75) is 58.5 Å². The number of alkyl halides is 2. The highest BCUT2D eigenvalue weighted by Gasteiger charge is 2.29. The van der Waals surface area contributed by atoms with Crippen LogP contribution in [0.5, 0.6) is 0 Å². The van der Waals surface area contributed by atoms with Crippen molar-refractivity contribution in [2.24, 2.45) is 0 Å². The molecule has 0 radical (unpaired) electrons. The highest BCUT2D eigenvalue weighted by atomic mass is 19.3. The van der Waals surface area contributed by atoms with E-state index in [1.54, 1.807) is 20.8 Å². The number of amides is 1. The normalized spacial score (nSPS) is 12.3. The van der Waals surface area contributed by atoms with Crippen LogP contribution < -0.4 is 10.6 Å². The molecule has 0 aliphatic carbocycles. The molecule has 4 nitrogen and oxygen atoms in total. The van der Waals surface area contributed by atoms with Crippen LogP contribution in [0.25, 0.3) is 0 Å². The van der Waals surface area contributed by atoms with E-state index in [1.807, 2.05) is 0 Å². The van der Waals surface area contributed by atoms with Crippen LogP contribution in [0.1, 0.15) is 47.0 Å². The Labute approximate surface area is 114 Å². The van der Waals surface area contributed by atoms with E-state index in [9.17, 15) is 13.6 Å². The fourth-order valence-corrected chi connectivity index (χ4v) is 1.35. The van der Waals surface area contributed by atoms with Crippen molar-refractivity contribution in [3.63, 3.8) is 0 Å². The van der Waals surface area contributed by atoms with E-state index >= 15 is 0 Å². The molecule has 0 saturated carbocycles. The second-order valence-electron chi connectivity index (χ2n) is 5.60. The van der Waals surface area contributed by atoms with Crippen LogP contribution >= 0.6 is 0 Å². The second-order valence-corrected chi connectivity index (χ2v) is 5.60. The Bertz CT molecular complexity index is 266. The van der Waals surface area contributed by atoms with E-state index in [1.165, 1.54) is 0 Å². The summed E-state index contributed by atoms with van der Waals surface area (Å²) in [5, 5.41) is 4.77. The highest BCUT2D eigenvalue weighted by molar-refractivity contribution is 5.67. The zero-order chi connectivity index (χ0) is 14.9. The molecule has 0 saturated heterocycles. The number of unbranched alkanes of at least 4 members (excludes halogenated alkanes) is 2. The lowest BCUT2D eigenvalue weighted by molar-refractivity contribution is -0.00342. The lowest BCUT2D eigenvalue weighted by Gasteiger charge is -2.22. The van der Waals surface area contributed by atoms with Crippen molar-refractivity contribution in [2.75, 3.05) is 19.6 Å². The number of carbonyl (C=O) groups is 1. The Balaban J connectivity index is 3.80. The van der Waals surface area contributed by atoms with Gasteiger partial charge in [-0.05, 0) is 33.7 Å². The van der Waals surface area contributed by atoms with Gasteiger partial charge in [-0.15, -0.1) is 0 Å². The van der Waals surface area contributed by atoms with Gasteiger partial charge in [0.2, 0.25) is 0 Å². The Morgan fingerprint density at radius 2 is 1.79 bits per heavy atom. The van der Waals surface area contributed by atoms with Crippen LogP contribution in [0.2, 0.25) is 0 Å². The standard InChI is InChI=1S/C13H26F2N2O2/c1-5-6-7-8-16-9-13(14,15)10-17-11(18)19-12(2,3)4/h16H,5-10H2,1-4H3,(H,17,18). The minimum Gasteiger partial charge on any atom is -0.444 e. The van der Waals surface area contributed by atoms with E-state index in [-0.39, 0.29) is 0 Å². The van der Waals surface area contributed by atoms with Gasteiger partial charge in [-0.3, -0.25) is 0 Å². The lowest BCUT2D eigenvalue weighted by atomic mass is 10.2. The summed E-state index contributed by atoms with van der Waals surface area (Å²) in [6, 6.07) is 0. The lowest BCUT2D eigenvalue weighted by Crippen LogP contribution is -2.44. The summed E-state index contributed by atoms with van der Waals surface area (Å²) in [4.78, 5) is 11.2.